The molecule has 1 aromatic rings. The molecule has 0 bridgehead atoms. The van der Waals surface area contributed by atoms with Crippen LogP contribution < -0.4 is 0 Å². The number of aliphatic hydroxyl groups is 1. The zero-order valence-electron chi connectivity index (χ0n) is 6.53. The lowest BCUT2D eigenvalue weighted by Crippen LogP contribution is -1.86. The number of pyridine rings is 1. The SMILES string of the molecule is OCCCSc1cccnc1Br. The van der Waals surface area contributed by atoms with Gasteiger partial charge in [-0.2, -0.15) is 0 Å². The quantitative estimate of drug-likeness (QED) is 0.504. The van der Waals surface area contributed by atoms with Crippen molar-refractivity contribution in [2.75, 3.05) is 12.4 Å². The molecule has 0 saturated carbocycles. The molecule has 1 aromatic heterocycles. The van der Waals surface area contributed by atoms with E-state index in [1.54, 1.807) is 18.0 Å². The molecular weight excluding hydrogens is 238 g/mol. The van der Waals surface area contributed by atoms with Gasteiger partial charge in [-0.25, -0.2) is 4.98 Å². The van der Waals surface area contributed by atoms with E-state index >= 15 is 0 Å². The van der Waals surface area contributed by atoms with Gasteiger partial charge in [-0.1, -0.05) is 0 Å². The van der Waals surface area contributed by atoms with Gasteiger partial charge in [0.05, 0.1) is 0 Å². The average Bonchev–Trinajstić information content (AvgIpc) is 2.09. The predicted octanol–water partition coefficient (Wildman–Crippen LogP) is 2.32. The van der Waals surface area contributed by atoms with Crippen LogP contribution in [0.3, 0.4) is 0 Å². The second-order valence-corrected chi connectivity index (χ2v) is 4.11. The Morgan fingerprint density at radius 3 is 3.08 bits per heavy atom. The number of hydrogen-bond acceptors (Lipinski definition) is 3. The Labute approximate surface area is 84.5 Å². The zero-order chi connectivity index (χ0) is 8.81. The Bertz CT molecular complexity index is 244. The minimum atomic E-state index is 0.255. The lowest BCUT2D eigenvalue weighted by molar-refractivity contribution is 0.296. The van der Waals surface area contributed by atoms with E-state index < -0.39 is 0 Å². The lowest BCUT2D eigenvalue weighted by atomic mass is 10.5. The highest BCUT2D eigenvalue weighted by Crippen LogP contribution is 2.25. The van der Waals surface area contributed by atoms with E-state index in [1.165, 1.54) is 0 Å². The first-order chi connectivity index (χ1) is 5.84. The third kappa shape index (κ3) is 3.13. The maximum atomic E-state index is 8.57. The van der Waals surface area contributed by atoms with Crippen LogP contribution in [0.1, 0.15) is 6.42 Å². The predicted molar refractivity (Wildman–Crippen MR) is 54.4 cm³/mol. The molecule has 0 radical (unpaired) electrons. The van der Waals surface area contributed by atoms with Gasteiger partial charge >= 0.3 is 0 Å². The van der Waals surface area contributed by atoms with Crippen molar-refractivity contribution in [2.24, 2.45) is 0 Å². The van der Waals surface area contributed by atoms with Gasteiger partial charge in [0.1, 0.15) is 4.60 Å². The van der Waals surface area contributed by atoms with Crippen molar-refractivity contribution in [3.05, 3.63) is 22.9 Å². The summed E-state index contributed by atoms with van der Waals surface area (Å²) in [6.45, 7) is 0.255. The molecule has 0 aliphatic rings. The molecule has 0 aliphatic carbocycles. The Kier molecular flexibility index (Phi) is 4.65. The fraction of sp³-hybridized carbons (Fsp3) is 0.375. The van der Waals surface area contributed by atoms with Crippen LogP contribution in [0.25, 0.3) is 0 Å². The standard InChI is InChI=1S/C8H10BrNOS/c9-8-7(3-1-4-10-8)12-6-2-5-11/h1,3-4,11H,2,5-6H2. The monoisotopic (exact) mass is 247 g/mol. The summed E-state index contributed by atoms with van der Waals surface area (Å²) in [5, 5.41) is 8.57. The zero-order valence-corrected chi connectivity index (χ0v) is 8.94. The smallest absolute Gasteiger partial charge is 0.119 e. The van der Waals surface area contributed by atoms with Crippen LogP contribution in [0.4, 0.5) is 0 Å². The minimum absolute atomic E-state index is 0.255. The number of thioether (sulfide) groups is 1. The van der Waals surface area contributed by atoms with Crippen LogP contribution in [0.5, 0.6) is 0 Å². The highest BCUT2D eigenvalue weighted by molar-refractivity contribution is 9.10. The molecule has 1 N–H and O–H groups in total. The molecule has 4 heteroatoms. The van der Waals surface area contributed by atoms with Crippen LogP contribution in [0.2, 0.25) is 0 Å². The first-order valence-electron chi connectivity index (χ1n) is 3.69. The maximum Gasteiger partial charge on any atom is 0.119 e. The molecular formula is C8H10BrNOS. The van der Waals surface area contributed by atoms with Gasteiger partial charge < -0.3 is 5.11 Å². The van der Waals surface area contributed by atoms with Crippen LogP contribution in [-0.4, -0.2) is 22.5 Å². The third-order valence-corrected chi connectivity index (χ3v) is 3.31. The normalized spacial score (nSPS) is 10.2. The Hall–Kier alpha value is -0.0600. The van der Waals surface area contributed by atoms with E-state index in [2.05, 4.69) is 20.9 Å². The summed E-state index contributed by atoms with van der Waals surface area (Å²) >= 11 is 5.06. The molecule has 1 rings (SSSR count). The summed E-state index contributed by atoms with van der Waals surface area (Å²) < 4.78 is 0.882. The lowest BCUT2D eigenvalue weighted by Gasteiger charge is -2.00. The summed E-state index contributed by atoms with van der Waals surface area (Å²) in [5.74, 6) is 0.931. The molecule has 0 aromatic carbocycles. The van der Waals surface area contributed by atoms with Gasteiger partial charge in [0.25, 0.3) is 0 Å². The van der Waals surface area contributed by atoms with Gasteiger partial charge in [-0.15, -0.1) is 11.8 Å². The molecule has 12 heavy (non-hydrogen) atoms. The molecule has 2 nitrogen and oxygen atoms in total. The van der Waals surface area contributed by atoms with E-state index in [4.69, 9.17) is 5.11 Å². The molecule has 0 aliphatic heterocycles. The number of aromatic nitrogens is 1. The molecule has 0 unspecified atom stereocenters. The number of halogens is 1. The summed E-state index contributed by atoms with van der Waals surface area (Å²) in [6, 6.07) is 3.92. The van der Waals surface area contributed by atoms with Crippen LogP contribution >= 0.6 is 27.7 Å². The number of rotatable bonds is 4. The first-order valence-corrected chi connectivity index (χ1v) is 5.46. The fourth-order valence-electron chi connectivity index (χ4n) is 0.726. The van der Waals surface area contributed by atoms with Crippen LogP contribution in [0.15, 0.2) is 27.8 Å². The summed E-state index contributed by atoms with van der Waals surface area (Å²) in [4.78, 5) is 5.22. The largest absolute Gasteiger partial charge is 0.396 e. The van der Waals surface area contributed by atoms with Crippen LogP contribution in [0, 0.1) is 0 Å². The average molecular weight is 248 g/mol. The van der Waals surface area contributed by atoms with Gasteiger partial charge in [0, 0.05) is 23.5 Å². The summed E-state index contributed by atoms with van der Waals surface area (Å²) in [7, 11) is 0. The van der Waals surface area contributed by atoms with Crippen molar-refractivity contribution in [3.63, 3.8) is 0 Å². The third-order valence-electron chi connectivity index (χ3n) is 1.28. The van der Waals surface area contributed by atoms with E-state index in [0.29, 0.717) is 0 Å². The number of nitrogens with zero attached hydrogens (tertiary/aromatic N) is 1. The molecule has 0 saturated heterocycles. The van der Waals surface area contributed by atoms with Gasteiger partial charge in [0.15, 0.2) is 0 Å². The van der Waals surface area contributed by atoms with Crippen molar-refractivity contribution in [3.8, 4) is 0 Å². The van der Waals surface area contributed by atoms with Crippen molar-refractivity contribution >= 4 is 27.7 Å². The summed E-state index contributed by atoms with van der Waals surface area (Å²) in [6.07, 6.45) is 2.58. The highest BCUT2D eigenvalue weighted by atomic mass is 79.9. The van der Waals surface area contributed by atoms with Crippen molar-refractivity contribution < 1.29 is 5.11 Å². The summed E-state index contributed by atoms with van der Waals surface area (Å²) in [5.41, 5.74) is 0. The molecule has 0 amide bonds. The second kappa shape index (κ2) is 5.56. The molecule has 0 fully saturated rings. The Morgan fingerprint density at radius 1 is 1.58 bits per heavy atom. The highest BCUT2D eigenvalue weighted by Gasteiger charge is 1.98. The van der Waals surface area contributed by atoms with Crippen molar-refractivity contribution in [2.45, 2.75) is 11.3 Å². The molecule has 0 spiro atoms. The van der Waals surface area contributed by atoms with E-state index in [-0.39, 0.29) is 6.61 Å². The van der Waals surface area contributed by atoms with Crippen molar-refractivity contribution in [1.82, 2.24) is 4.98 Å². The maximum absolute atomic E-state index is 8.57. The number of hydrogen-bond donors (Lipinski definition) is 1. The molecule has 1 heterocycles. The fourth-order valence-corrected chi connectivity index (χ4v) is 2.16. The van der Waals surface area contributed by atoms with E-state index in [0.717, 1.165) is 21.7 Å². The van der Waals surface area contributed by atoms with Crippen LogP contribution in [-0.2, 0) is 0 Å². The Morgan fingerprint density at radius 2 is 2.42 bits per heavy atom. The first kappa shape index (κ1) is 10.0. The van der Waals surface area contributed by atoms with E-state index in [9.17, 15) is 0 Å². The van der Waals surface area contributed by atoms with Gasteiger partial charge in [0.2, 0.25) is 0 Å². The van der Waals surface area contributed by atoms with E-state index in [1.807, 2.05) is 12.1 Å². The molecule has 0 atom stereocenters. The second-order valence-electron chi connectivity index (χ2n) is 2.22. The van der Waals surface area contributed by atoms with Crippen molar-refractivity contribution in [1.29, 1.82) is 0 Å². The van der Waals surface area contributed by atoms with Gasteiger partial charge in [-0.3, -0.25) is 0 Å². The van der Waals surface area contributed by atoms with Gasteiger partial charge in [-0.05, 0) is 34.5 Å². The minimum Gasteiger partial charge on any atom is -0.396 e. The Balaban J connectivity index is 2.46. The molecule has 66 valence electrons. The number of aliphatic hydroxyl groups excluding tert-OH is 1. The topological polar surface area (TPSA) is 33.1 Å².